The standard InChI is InChI=1S/C27H27FN8O/c1-18(28)14-25(37)32-20-8-9-29-23(15-20)22-5-3-4-19-16-31-27(34-26(19)22)33-21-6-7-24(30-17-21)36-12-10-35(2)11-13-36/h3-9,14-17H,10-13H2,1-2H3,(H,29,32,37)(H,31,33,34). The van der Waals surface area contributed by atoms with Gasteiger partial charge >= 0.3 is 0 Å². The van der Waals surface area contributed by atoms with Crippen LogP contribution in [0.2, 0.25) is 0 Å². The molecule has 1 fully saturated rings. The van der Waals surface area contributed by atoms with Crippen LogP contribution in [-0.2, 0) is 4.79 Å². The number of nitrogens with zero attached hydrogens (tertiary/aromatic N) is 6. The van der Waals surface area contributed by atoms with Gasteiger partial charge in [0.15, 0.2) is 0 Å². The first-order chi connectivity index (χ1) is 17.9. The molecule has 1 saturated heterocycles. The predicted octanol–water partition coefficient (Wildman–Crippen LogP) is 4.39. The molecule has 0 atom stereocenters. The van der Waals surface area contributed by atoms with Crippen LogP contribution in [-0.4, -0.2) is 64.0 Å². The third-order valence-corrected chi connectivity index (χ3v) is 6.08. The quantitative estimate of drug-likeness (QED) is 0.378. The molecule has 1 aliphatic rings. The fourth-order valence-electron chi connectivity index (χ4n) is 4.15. The van der Waals surface area contributed by atoms with E-state index in [4.69, 9.17) is 4.98 Å². The lowest BCUT2D eigenvalue weighted by atomic mass is 10.1. The Morgan fingerprint density at radius 3 is 2.59 bits per heavy atom. The van der Waals surface area contributed by atoms with Gasteiger partial charge in [-0.15, -0.1) is 0 Å². The van der Waals surface area contributed by atoms with Gasteiger partial charge < -0.3 is 20.4 Å². The normalized spacial score (nSPS) is 14.6. The Labute approximate surface area is 214 Å². The number of rotatable bonds is 6. The summed E-state index contributed by atoms with van der Waals surface area (Å²) in [4.78, 5) is 34.8. The number of amides is 1. The van der Waals surface area contributed by atoms with Crippen molar-refractivity contribution in [2.45, 2.75) is 6.92 Å². The lowest BCUT2D eigenvalue weighted by Crippen LogP contribution is -2.44. The zero-order chi connectivity index (χ0) is 25.8. The summed E-state index contributed by atoms with van der Waals surface area (Å²) in [6.45, 7) is 5.17. The number of allylic oxidation sites excluding steroid dienone is 1. The fourth-order valence-corrected chi connectivity index (χ4v) is 4.15. The van der Waals surface area contributed by atoms with Crippen LogP contribution in [0.3, 0.4) is 0 Å². The SMILES string of the molecule is CC(F)=CC(=O)Nc1ccnc(-c2cccc3cnc(Nc4ccc(N5CCN(C)CC5)nc4)nc23)c1. The van der Waals surface area contributed by atoms with E-state index in [0.717, 1.165) is 54.7 Å². The number of carbonyl (C=O) groups is 1. The molecule has 9 nitrogen and oxygen atoms in total. The minimum absolute atomic E-state index is 0.433. The van der Waals surface area contributed by atoms with Gasteiger partial charge in [0.25, 0.3) is 5.91 Å². The number of benzene rings is 1. The fraction of sp³-hybridized carbons (Fsp3) is 0.222. The van der Waals surface area contributed by atoms with Crippen LogP contribution in [0.25, 0.3) is 22.2 Å². The summed E-state index contributed by atoms with van der Waals surface area (Å²) in [5.41, 5.74) is 3.39. The second-order valence-electron chi connectivity index (χ2n) is 8.91. The Morgan fingerprint density at radius 2 is 1.84 bits per heavy atom. The van der Waals surface area contributed by atoms with E-state index < -0.39 is 11.7 Å². The molecule has 2 N–H and O–H groups in total. The largest absolute Gasteiger partial charge is 0.354 e. The average molecular weight is 499 g/mol. The van der Waals surface area contributed by atoms with Crippen molar-refractivity contribution in [2.75, 3.05) is 48.8 Å². The first-order valence-electron chi connectivity index (χ1n) is 12.0. The van der Waals surface area contributed by atoms with Crippen LogP contribution in [0.4, 0.5) is 27.5 Å². The molecule has 0 radical (unpaired) electrons. The molecule has 0 saturated carbocycles. The maximum Gasteiger partial charge on any atom is 0.250 e. The summed E-state index contributed by atoms with van der Waals surface area (Å²) in [5.74, 6) is 0.274. The number of anilines is 4. The first-order valence-corrected chi connectivity index (χ1v) is 12.0. The Bertz CT molecular complexity index is 1440. The van der Waals surface area contributed by atoms with Crippen LogP contribution in [0, 0.1) is 0 Å². The van der Waals surface area contributed by atoms with E-state index in [1.54, 1.807) is 30.7 Å². The van der Waals surface area contributed by atoms with Crippen molar-refractivity contribution in [3.63, 3.8) is 0 Å². The number of nitrogens with one attached hydrogen (secondary N) is 2. The van der Waals surface area contributed by atoms with Gasteiger partial charge in [0, 0.05) is 61.3 Å². The zero-order valence-corrected chi connectivity index (χ0v) is 20.6. The number of para-hydroxylation sites is 1. The van der Waals surface area contributed by atoms with Gasteiger partial charge in [-0.25, -0.2) is 19.3 Å². The lowest BCUT2D eigenvalue weighted by molar-refractivity contribution is -0.112. The molecule has 0 bridgehead atoms. The first kappa shape index (κ1) is 24.3. The second-order valence-corrected chi connectivity index (χ2v) is 8.91. The van der Waals surface area contributed by atoms with E-state index in [1.807, 2.05) is 30.3 Å². The maximum absolute atomic E-state index is 13.0. The molecule has 188 valence electrons. The van der Waals surface area contributed by atoms with Crippen LogP contribution in [0.15, 0.2) is 73.0 Å². The second kappa shape index (κ2) is 10.7. The van der Waals surface area contributed by atoms with Crippen LogP contribution in [0.1, 0.15) is 6.92 Å². The minimum Gasteiger partial charge on any atom is -0.354 e. The van der Waals surface area contributed by atoms with E-state index in [1.165, 1.54) is 6.92 Å². The number of fused-ring (bicyclic) bond motifs is 1. The molecule has 10 heteroatoms. The molecule has 1 aliphatic heterocycles. The highest BCUT2D eigenvalue weighted by molar-refractivity contribution is 6.00. The summed E-state index contributed by atoms with van der Waals surface area (Å²) in [6.07, 6.45) is 6.02. The Morgan fingerprint density at radius 1 is 1.00 bits per heavy atom. The van der Waals surface area contributed by atoms with E-state index >= 15 is 0 Å². The molecule has 0 unspecified atom stereocenters. The summed E-state index contributed by atoms with van der Waals surface area (Å²) >= 11 is 0. The summed E-state index contributed by atoms with van der Waals surface area (Å²) in [7, 11) is 2.13. The van der Waals surface area contributed by atoms with Gasteiger partial charge in [-0.3, -0.25) is 9.78 Å². The molecule has 4 aromatic rings. The number of likely N-dealkylation sites (N-methyl/N-ethyl adjacent to an activating group) is 1. The van der Waals surface area contributed by atoms with Crippen molar-refractivity contribution >= 4 is 40.0 Å². The van der Waals surface area contributed by atoms with Crippen molar-refractivity contribution in [1.29, 1.82) is 0 Å². The molecular weight excluding hydrogens is 471 g/mol. The average Bonchev–Trinajstić information content (AvgIpc) is 2.89. The highest BCUT2D eigenvalue weighted by atomic mass is 19.1. The van der Waals surface area contributed by atoms with Gasteiger partial charge in [-0.1, -0.05) is 18.2 Å². The summed E-state index contributed by atoms with van der Waals surface area (Å²) < 4.78 is 13.0. The monoisotopic (exact) mass is 498 g/mol. The number of carbonyl (C=O) groups excluding carboxylic acids is 1. The Balaban J connectivity index is 1.38. The molecule has 4 heterocycles. The molecule has 3 aromatic heterocycles. The number of aromatic nitrogens is 4. The van der Waals surface area contributed by atoms with Gasteiger partial charge in [0.2, 0.25) is 5.95 Å². The molecule has 37 heavy (non-hydrogen) atoms. The number of hydrogen-bond donors (Lipinski definition) is 2. The Hall–Kier alpha value is -4.44. The van der Waals surface area contributed by atoms with Crippen LogP contribution < -0.4 is 15.5 Å². The predicted molar refractivity (Wildman–Crippen MR) is 143 cm³/mol. The molecular formula is C27H27FN8O. The number of pyridine rings is 2. The highest BCUT2D eigenvalue weighted by Crippen LogP contribution is 2.28. The molecule has 1 amide bonds. The molecule has 1 aromatic carbocycles. The van der Waals surface area contributed by atoms with Crippen molar-refractivity contribution in [3.05, 3.63) is 73.0 Å². The van der Waals surface area contributed by atoms with Crippen LogP contribution in [0.5, 0.6) is 0 Å². The summed E-state index contributed by atoms with van der Waals surface area (Å²) in [5, 5.41) is 6.74. The topological polar surface area (TPSA) is 99.2 Å². The van der Waals surface area contributed by atoms with Crippen molar-refractivity contribution in [2.24, 2.45) is 0 Å². The molecule has 0 spiro atoms. The third kappa shape index (κ3) is 5.87. The van der Waals surface area contributed by atoms with Gasteiger partial charge in [0.1, 0.15) is 11.6 Å². The zero-order valence-electron chi connectivity index (χ0n) is 20.6. The molecule has 0 aliphatic carbocycles. The number of hydrogen-bond acceptors (Lipinski definition) is 8. The minimum atomic E-state index is -0.568. The van der Waals surface area contributed by atoms with Gasteiger partial charge in [-0.05, 0) is 38.2 Å². The highest BCUT2D eigenvalue weighted by Gasteiger charge is 2.15. The van der Waals surface area contributed by atoms with Crippen molar-refractivity contribution in [1.82, 2.24) is 24.8 Å². The van der Waals surface area contributed by atoms with Gasteiger partial charge in [0.05, 0.1) is 23.1 Å². The number of piperazine rings is 1. The van der Waals surface area contributed by atoms with E-state index in [9.17, 15) is 9.18 Å². The van der Waals surface area contributed by atoms with Crippen molar-refractivity contribution < 1.29 is 9.18 Å². The smallest absolute Gasteiger partial charge is 0.250 e. The lowest BCUT2D eigenvalue weighted by Gasteiger charge is -2.33. The number of halogens is 1. The van der Waals surface area contributed by atoms with E-state index in [0.29, 0.717) is 22.8 Å². The Kier molecular flexibility index (Phi) is 7.00. The maximum atomic E-state index is 13.0. The van der Waals surface area contributed by atoms with Crippen molar-refractivity contribution in [3.8, 4) is 11.3 Å². The molecule has 5 rings (SSSR count). The van der Waals surface area contributed by atoms with E-state index in [-0.39, 0.29) is 0 Å². The van der Waals surface area contributed by atoms with E-state index in [2.05, 4.69) is 42.4 Å². The third-order valence-electron chi connectivity index (χ3n) is 6.08. The summed E-state index contributed by atoms with van der Waals surface area (Å²) in [6, 6.07) is 13.1. The van der Waals surface area contributed by atoms with Crippen LogP contribution >= 0.6 is 0 Å². The van der Waals surface area contributed by atoms with Gasteiger partial charge in [-0.2, -0.15) is 0 Å².